The molecule has 0 atom stereocenters. The fourth-order valence-corrected chi connectivity index (χ4v) is 4.53. The summed E-state index contributed by atoms with van der Waals surface area (Å²) in [6.07, 6.45) is 1.99. The molecule has 3 aromatic heterocycles. The summed E-state index contributed by atoms with van der Waals surface area (Å²) in [6.45, 7) is 2.16. The molecule has 0 unspecified atom stereocenters. The van der Waals surface area contributed by atoms with Gasteiger partial charge in [0, 0.05) is 30.7 Å². The second kappa shape index (κ2) is 8.16. The van der Waals surface area contributed by atoms with Crippen LogP contribution in [-0.4, -0.2) is 36.6 Å². The number of nitrogens with zero attached hydrogens (tertiary/aromatic N) is 3. The number of ether oxygens (including phenoxy) is 1. The van der Waals surface area contributed by atoms with E-state index in [-0.39, 0.29) is 12.4 Å². The van der Waals surface area contributed by atoms with E-state index in [2.05, 4.69) is 4.98 Å². The molecule has 3 rings (SSSR count). The summed E-state index contributed by atoms with van der Waals surface area (Å²) in [6, 6.07) is 7.69. The van der Waals surface area contributed by atoms with Gasteiger partial charge in [-0.2, -0.15) is 0 Å². The van der Waals surface area contributed by atoms with Gasteiger partial charge in [0.1, 0.15) is 10.8 Å². The van der Waals surface area contributed by atoms with Crippen molar-refractivity contribution in [3.05, 3.63) is 39.7 Å². The number of carbonyl (C=O) groups is 1. The molecule has 8 heteroatoms. The van der Waals surface area contributed by atoms with E-state index in [1.54, 1.807) is 13.1 Å². The van der Waals surface area contributed by atoms with Crippen LogP contribution in [0.4, 0.5) is 5.82 Å². The van der Waals surface area contributed by atoms with E-state index in [1.165, 1.54) is 22.7 Å². The molecule has 0 saturated carbocycles. The summed E-state index contributed by atoms with van der Waals surface area (Å²) < 4.78 is 5.79. The number of anilines is 1. The van der Waals surface area contributed by atoms with Crippen LogP contribution in [0, 0.1) is 0 Å². The van der Waals surface area contributed by atoms with Gasteiger partial charge in [0.15, 0.2) is 0 Å². The molecule has 26 heavy (non-hydrogen) atoms. The number of aromatic nitrogens is 2. The molecule has 0 aliphatic heterocycles. The van der Waals surface area contributed by atoms with E-state index >= 15 is 0 Å². The van der Waals surface area contributed by atoms with Crippen LogP contribution in [-0.2, 0) is 16.0 Å². The second-order valence-corrected chi connectivity index (χ2v) is 8.47. The number of thiophene rings is 1. The van der Waals surface area contributed by atoms with Crippen LogP contribution in [0.15, 0.2) is 30.5 Å². The third kappa shape index (κ3) is 4.23. The van der Waals surface area contributed by atoms with Gasteiger partial charge in [0.25, 0.3) is 0 Å². The molecule has 0 aliphatic rings. The molecule has 0 spiro atoms. The molecule has 0 N–H and O–H groups in total. The summed E-state index contributed by atoms with van der Waals surface area (Å²) in [5.41, 5.74) is 1.70. The van der Waals surface area contributed by atoms with Crippen molar-refractivity contribution in [2.45, 2.75) is 13.3 Å². The Morgan fingerprint density at radius 2 is 2.04 bits per heavy atom. The zero-order valence-electron chi connectivity index (χ0n) is 14.7. The van der Waals surface area contributed by atoms with Crippen LogP contribution >= 0.6 is 34.3 Å². The van der Waals surface area contributed by atoms with E-state index in [1.807, 2.05) is 43.3 Å². The lowest BCUT2D eigenvalue weighted by molar-refractivity contribution is -0.142. The Hall–Kier alpha value is -1.96. The molecule has 3 aromatic rings. The standard InChI is InChI=1S/C18H18ClN3O2S2/c1-4-24-16(23)9-13-17(12-6-7-14(19)25-12)21-18(26-13)11-5-8-15(20-10-11)22(2)3/h5-8,10H,4,9H2,1-3H3. The maximum Gasteiger partial charge on any atom is 0.311 e. The minimum absolute atomic E-state index is 0.194. The summed E-state index contributed by atoms with van der Waals surface area (Å²) in [5.74, 6) is 0.620. The zero-order chi connectivity index (χ0) is 18.7. The van der Waals surface area contributed by atoms with E-state index in [0.29, 0.717) is 10.9 Å². The molecule has 0 fully saturated rings. The highest BCUT2D eigenvalue weighted by atomic mass is 35.5. The summed E-state index contributed by atoms with van der Waals surface area (Å²) in [5, 5.41) is 0.821. The van der Waals surface area contributed by atoms with Gasteiger partial charge in [-0.3, -0.25) is 4.79 Å². The molecule has 0 aliphatic carbocycles. The lowest BCUT2D eigenvalue weighted by atomic mass is 10.2. The lowest BCUT2D eigenvalue weighted by Crippen LogP contribution is -2.09. The molecule has 5 nitrogen and oxygen atoms in total. The average molecular weight is 408 g/mol. The fraction of sp³-hybridized carbons (Fsp3) is 0.278. The molecule has 0 saturated heterocycles. The first-order chi connectivity index (χ1) is 12.5. The van der Waals surface area contributed by atoms with Crippen LogP contribution < -0.4 is 4.90 Å². The Balaban J connectivity index is 1.98. The third-order valence-electron chi connectivity index (χ3n) is 3.57. The predicted octanol–water partition coefficient (Wildman–Crippen LogP) is 4.76. The Morgan fingerprint density at radius 3 is 2.62 bits per heavy atom. The Bertz CT molecular complexity index is 904. The number of rotatable bonds is 6. The van der Waals surface area contributed by atoms with Gasteiger partial charge in [0.2, 0.25) is 0 Å². The first-order valence-corrected chi connectivity index (χ1v) is 10.0. The highest BCUT2D eigenvalue weighted by Crippen LogP contribution is 2.38. The Morgan fingerprint density at radius 1 is 1.23 bits per heavy atom. The van der Waals surface area contributed by atoms with Crippen molar-refractivity contribution >= 4 is 46.1 Å². The molecule has 136 valence electrons. The normalized spacial score (nSPS) is 10.8. The van der Waals surface area contributed by atoms with Crippen molar-refractivity contribution in [3.8, 4) is 21.1 Å². The van der Waals surface area contributed by atoms with Crippen LogP contribution in [0.2, 0.25) is 4.34 Å². The van der Waals surface area contributed by atoms with Crippen molar-refractivity contribution in [3.63, 3.8) is 0 Å². The van der Waals surface area contributed by atoms with E-state index < -0.39 is 0 Å². The van der Waals surface area contributed by atoms with E-state index in [9.17, 15) is 4.79 Å². The largest absolute Gasteiger partial charge is 0.466 e. The second-order valence-electron chi connectivity index (χ2n) is 5.68. The van der Waals surface area contributed by atoms with Crippen molar-refractivity contribution in [2.75, 3.05) is 25.6 Å². The molecule has 3 heterocycles. The van der Waals surface area contributed by atoms with Gasteiger partial charge in [-0.15, -0.1) is 22.7 Å². The molecule has 0 bridgehead atoms. The number of hydrogen-bond acceptors (Lipinski definition) is 7. The highest BCUT2D eigenvalue weighted by Gasteiger charge is 2.19. The monoisotopic (exact) mass is 407 g/mol. The quantitative estimate of drug-likeness (QED) is 0.551. The van der Waals surface area contributed by atoms with Crippen molar-refractivity contribution in [1.29, 1.82) is 0 Å². The van der Waals surface area contributed by atoms with Crippen LogP contribution in [0.1, 0.15) is 11.8 Å². The van der Waals surface area contributed by atoms with Crippen LogP contribution in [0.5, 0.6) is 0 Å². The van der Waals surface area contributed by atoms with Crippen molar-refractivity contribution in [1.82, 2.24) is 9.97 Å². The number of thiazole rings is 1. The van der Waals surface area contributed by atoms with Crippen LogP contribution in [0.3, 0.4) is 0 Å². The summed E-state index contributed by atoms with van der Waals surface area (Å²) >= 11 is 9.01. The molecular weight excluding hydrogens is 390 g/mol. The molecular formula is C18H18ClN3O2S2. The minimum Gasteiger partial charge on any atom is -0.466 e. The van der Waals surface area contributed by atoms with E-state index in [4.69, 9.17) is 21.3 Å². The first kappa shape index (κ1) is 18.8. The van der Waals surface area contributed by atoms with Gasteiger partial charge in [-0.05, 0) is 31.2 Å². The fourth-order valence-electron chi connectivity index (χ4n) is 2.35. The number of hydrogen-bond donors (Lipinski definition) is 0. The number of halogens is 1. The summed E-state index contributed by atoms with van der Waals surface area (Å²) in [7, 11) is 3.89. The zero-order valence-corrected chi connectivity index (χ0v) is 17.0. The topological polar surface area (TPSA) is 55.3 Å². The third-order valence-corrected chi connectivity index (χ3v) is 5.91. The highest BCUT2D eigenvalue weighted by molar-refractivity contribution is 7.20. The molecule has 0 radical (unpaired) electrons. The molecule has 0 amide bonds. The van der Waals surface area contributed by atoms with Crippen LogP contribution in [0.25, 0.3) is 21.1 Å². The van der Waals surface area contributed by atoms with Crippen molar-refractivity contribution < 1.29 is 9.53 Å². The van der Waals surface area contributed by atoms with E-state index in [0.717, 1.165) is 31.8 Å². The van der Waals surface area contributed by atoms with Gasteiger partial charge in [0.05, 0.1) is 27.9 Å². The maximum absolute atomic E-state index is 12.0. The molecule has 0 aromatic carbocycles. The lowest BCUT2D eigenvalue weighted by Gasteiger charge is -2.10. The number of pyridine rings is 1. The Kier molecular flexibility index (Phi) is 5.90. The van der Waals surface area contributed by atoms with Crippen molar-refractivity contribution in [2.24, 2.45) is 0 Å². The SMILES string of the molecule is CCOC(=O)Cc1sc(-c2ccc(N(C)C)nc2)nc1-c1ccc(Cl)s1. The Labute approximate surface area is 165 Å². The number of carbonyl (C=O) groups excluding carboxylic acids is 1. The smallest absolute Gasteiger partial charge is 0.311 e. The maximum atomic E-state index is 12.0. The number of esters is 1. The summed E-state index contributed by atoms with van der Waals surface area (Å²) in [4.78, 5) is 24.9. The van der Waals surface area contributed by atoms with Gasteiger partial charge in [-0.1, -0.05) is 11.6 Å². The predicted molar refractivity (Wildman–Crippen MR) is 108 cm³/mol. The first-order valence-electron chi connectivity index (χ1n) is 8.02. The minimum atomic E-state index is -0.257. The van der Waals surface area contributed by atoms with Gasteiger partial charge in [-0.25, -0.2) is 9.97 Å². The average Bonchev–Trinajstić information content (AvgIpc) is 3.21. The van der Waals surface area contributed by atoms with Gasteiger partial charge >= 0.3 is 5.97 Å². The van der Waals surface area contributed by atoms with Gasteiger partial charge < -0.3 is 9.64 Å².